The number of nitrogens with two attached hydrogens (primary N) is 1. The molecule has 2 N–H and O–H groups in total. The van der Waals surface area contributed by atoms with E-state index in [0.29, 0.717) is 36.2 Å². The number of benzene rings is 1. The van der Waals surface area contributed by atoms with Gasteiger partial charge >= 0.3 is 0 Å². The lowest BCUT2D eigenvalue weighted by Crippen LogP contribution is -2.40. The SMILES string of the molecule is CC(=O)CN1CCc2cc(OC/C(=C\F)CN)ccc2C1=O. The number of ether oxygens (including phenoxy) is 1. The van der Waals surface area contributed by atoms with Gasteiger partial charge in [-0.1, -0.05) is 0 Å². The van der Waals surface area contributed by atoms with E-state index in [4.69, 9.17) is 10.5 Å². The van der Waals surface area contributed by atoms with Gasteiger partial charge in [-0.05, 0) is 37.1 Å². The number of carbonyl (C=O) groups excluding carboxylic acids is 2. The predicted molar refractivity (Wildman–Crippen MR) is 80.5 cm³/mol. The summed E-state index contributed by atoms with van der Waals surface area (Å²) in [6, 6.07) is 5.13. The summed E-state index contributed by atoms with van der Waals surface area (Å²) >= 11 is 0. The van der Waals surface area contributed by atoms with Gasteiger partial charge < -0.3 is 15.4 Å². The fraction of sp³-hybridized carbons (Fsp3) is 0.375. The standard InChI is InChI=1S/C16H19FN2O3/c1-11(20)9-19-5-4-13-6-14(2-3-15(13)16(19)21)22-10-12(7-17)8-18/h2-3,6-7H,4-5,8-10,18H2,1H3/b12-7-. The number of Topliss-reactive ketones (excluding diaryl/α,β-unsaturated/α-hetero) is 1. The number of nitrogens with zero attached hydrogens (tertiary/aromatic N) is 1. The highest BCUT2D eigenvalue weighted by atomic mass is 19.1. The average Bonchev–Trinajstić information content (AvgIpc) is 2.51. The Balaban J connectivity index is 2.10. The van der Waals surface area contributed by atoms with Gasteiger partial charge in [0.25, 0.3) is 5.91 Å². The maximum Gasteiger partial charge on any atom is 0.254 e. The zero-order chi connectivity index (χ0) is 16.1. The van der Waals surface area contributed by atoms with E-state index >= 15 is 0 Å². The van der Waals surface area contributed by atoms with Gasteiger partial charge in [0.15, 0.2) is 0 Å². The van der Waals surface area contributed by atoms with Crippen molar-refractivity contribution in [2.75, 3.05) is 26.2 Å². The van der Waals surface area contributed by atoms with Gasteiger partial charge in [-0.15, -0.1) is 0 Å². The molecule has 0 radical (unpaired) electrons. The van der Waals surface area contributed by atoms with Crippen LogP contribution in [0.2, 0.25) is 0 Å². The minimum Gasteiger partial charge on any atom is -0.489 e. The minimum absolute atomic E-state index is 0.0379. The smallest absolute Gasteiger partial charge is 0.254 e. The van der Waals surface area contributed by atoms with Crippen molar-refractivity contribution in [3.8, 4) is 5.75 Å². The van der Waals surface area contributed by atoms with Gasteiger partial charge in [0.1, 0.15) is 18.1 Å². The Hall–Kier alpha value is -2.21. The fourth-order valence-electron chi connectivity index (χ4n) is 2.33. The average molecular weight is 306 g/mol. The molecule has 6 heteroatoms. The molecule has 0 unspecified atom stereocenters. The summed E-state index contributed by atoms with van der Waals surface area (Å²) in [4.78, 5) is 25.0. The van der Waals surface area contributed by atoms with Crippen molar-refractivity contribution in [3.05, 3.63) is 41.2 Å². The van der Waals surface area contributed by atoms with Crippen molar-refractivity contribution in [3.63, 3.8) is 0 Å². The number of hydrogen-bond acceptors (Lipinski definition) is 4. The molecule has 118 valence electrons. The first-order chi connectivity index (χ1) is 10.5. The van der Waals surface area contributed by atoms with Crippen molar-refractivity contribution < 1.29 is 18.7 Å². The molecule has 0 fully saturated rings. The van der Waals surface area contributed by atoms with Crippen molar-refractivity contribution in [2.45, 2.75) is 13.3 Å². The van der Waals surface area contributed by atoms with E-state index in [1.54, 1.807) is 23.1 Å². The van der Waals surface area contributed by atoms with Gasteiger partial charge in [0, 0.05) is 24.2 Å². The molecule has 5 nitrogen and oxygen atoms in total. The van der Waals surface area contributed by atoms with Crippen LogP contribution in [0, 0.1) is 0 Å². The summed E-state index contributed by atoms with van der Waals surface area (Å²) in [5, 5.41) is 0. The Morgan fingerprint density at radius 3 is 2.91 bits per heavy atom. The molecule has 1 amide bonds. The summed E-state index contributed by atoms with van der Waals surface area (Å²) < 4.78 is 17.9. The van der Waals surface area contributed by atoms with E-state index in [1.165, 1.54) is 6.92 Å². The molecule has 0 aromatic heterocycles. The lowest BCUT2D eigenvalue weighted by atomic mass is 9.98. The van der Waals surface area contributed by atoms with Gasteiger partial charge in [-0.3, -0.25) is 9.59 Å². The molecule has 0 spiro atoms. The maximum absolute atomic E-state index is 12.4. The molecule has 0 saturated heterocycles. The highest BCUT2D eigenvalue weighted by Crippen LogP contribution is 2.24. The van der Waals surface area contributed by atoms with Gasteiger partial charge in [-0.25, -0.2) is 4.39 Å². The molecule has 1 aliphatic heterocycles. The summed E-state index contributed by atoms with van der Waals surface area (Å²) in [6.07, 6.45) is 1.11. The third-order valence-electron chi connectivity index (χ3n) is 3.50. The van der Waals surface area contributed by atoms with E-state index in [-0.39, 0.29) is 31.4 Å². The first-order valence-corrected chi connectivity index (χ1v) is 7.07. The lowest BCUT2D eigenvalue weighted by molar-refractivity contribution is -0.117. The maximum atomic E-state index is 12.4. The number of halogens is 1. The summed E-state index contributed by atoms with van der Waals surface area (Å²) in [5.41, 5.74) is 7.19. The molecule has 2 rings (SSSR count). The van der Waals surface area contributed by atoms with Crippen molar-refractivity contribution in [2.24, 2.45) is 5.73 Å². The highest BCUT2D eigenvalue weighted by molar-refractivity contribution is 5.98. The third-order valence-corrected chi connectivity index (χ3v) is 3.50. The zero-order valence-electron chi connectivity index (χ0n) is 12.5. The number of amides is 1. The van der Waals surface area contributed by atoms with Crippen LogP contribution in [0.3, 0.4) is 0 Å². The molecular formula is C16H19FN2O3. The Bertz CT molecular complexity index is 613. The van der Waals surface area contributed by atoms with Crippen molar-refractivity contribution in [1.29, 1.82) is 0 Å². The quantitative estimate of drug-likeness (QED) is 0.863. The third kappa shape index (κ3) is 3.71. The summed E-state index contributed by atoms with van der Waals surface area (Å²) in [5.74, 6) is 0.387. The van der Waals surface area contributed by atoms with Crippen LogP contribution in [0.25, 0.3) is 0 Å². The Morgan fingerprint density at radius 2 is 2.27 bits per heavy atom. The van der Waals surface area contributed by atoms with Crippen LogP contribution in [0.15, 0.2) is 30.1 Å². The predicted octanol–water partition coefficient (Wildman–Crippen LogP) is 1.46. The largest absolute Gasteiger partial charge is 0.489 e. The van der Waals surface area contributed by atoms with E-state index in [1.807, 2.05) is 0 Å². The van der Waals surface area contributed by atoms with Crippen LogP contribution in [-0.4, -0.2) is 42.8 Å². The van der Waals surface area contributed by atoms with Crippen LogP contribution in [0.4, 0.5) is 4.39 Å². The van der Waals surface area contributed by atoms with Gasteiger partial charge in [0.2, 0.25) is 0 Å². The topological polar surface area (TPSA) is 72.6 Å². The molecule has 1 heterocycles. The Kier molecular flexibility index (Phi) is 5.27. The molecule has 1 aliphatic rings. The van der Waals surface area contributed by atoms with Gasteiger partial charge in [0.05, 0.1) is 12.9 Å². The van der Waals surface area contributed by atoms with E-state index in [0.717, 1.165) is 5.56 Å². The molecule has 1 aromatic carbocycles. The van der Waals surface area contributed by atoms with Crippen LogP contribution >= 0.6 is 0 Å². The van der Waals surface area contributed by atoms with Crippen molar-refractivity contribution in [1.82, 2.24) is 4.90 Å². The molecular weight excluding hydrogens is 287 g/mol. The Labute approximate surface area is 128 Å². The normalized spacial score (nSPS) is 14.8. The van der Waals surface area contributed by atoms with Crippen molar-refractivity contribution >= 4 is 11.7 Å². The second-order valence-electron chi connectivity index (χ2n) is 5.26. The van der Waals surface area contributed by atoms with Crippen LogP contribution in [0.1, 0.15) is 22.8 Å². The second kappa shape index (κ2) is 7.17. The zero-order valence-corrected chi connectivity index (χ0v) is 12.5. The Morgan fingerprint density at radius 1 is 1.50 bits per heavy atom. The highest BCUT2D eigenvalue weighted by Gasteiger charge is 2.25. The first kappa shape index (κ1) is 16.2. The summed E-state index contributed by atoms with van der Waals surface area (Å²) in [7, 11) is 0. The van der Waals surface area contributed by atoms with E-state index < -0.39 is 0 Å². The number of hydrogen-bond donors (Lipinski definition) is 1. The van der Waals surface area contributed by atoms with Gasteiger partial charge in [-0.2, -0.15) is 0 Å². The molecule has 0 atom stereocenters. The molecule has 0 saturated carbocycles. The number of fused-ring (bicyclic) bond motifs is 1. The van der Waals surface area contributed by atoms with E-state index in [2.05, 4.69) is 0 Å². The molecule has 0 bridgehead atoms. The monoisotopic (exact) mass is 306 g/mol. The van der Waals surface area contributed by atoms with E-state index in [9.17, 15) is 14.0 Å². The lowest BCUT2D eigenvalue weighted by Gasteiger charge is -2.28. The fourth-order valence-corrected chi connectivity index (χ4v) is 2.33. The number of ketones is 1. The number of carbonyl (C=O) groups is 2. The minimum atomic E-state index is -0.144. The summed E-state index contributed by atoms with van der Waals surface area (Å²) in [6.45, 7) is 2.29. The van der Waals surface area contributed by atoms with Crippen LogP contribution in [0.5, 0.6) is 5.75 Å². The van der Waals surface area contributed by atoms with Crippen LogP contribution < -0.4 is 10.5 Å². The number of rotatable bonds is 6. The van der Waals surface area contributed by atoms with Crippen LogP contribution in [-0.2, 0) is 11.2 Å². The second-order valence-corrected chi connectivity index (χ2v) is 5.26. The molecule has 22 heavy (non-hydrogen) atoms. The molecule has 0 aliphatic carbocycles. The molecule has 1 aromatic rings. The first-order valence-electron chi connectivity index (χ1n) is 7.07.